The van der Waals surface area contributed by atoms with Crippen molar-refractivity contribution in [2.24, 2.45) is 7.05 Å². The molecular formula is C14H21N5O3. The number of hydrogen-bond acceptors (Lipinski definition) is 5. The molecule has 0 saturated carbocycles. The molecule has 1 aliphatic rings. The first-order valence-corrected chi connectivity index (χ1v) is 7.50. The lowest BCUT2D eigenvalue weighted by Crippen LogP contribution is -2.42. The van der Waals surface area contributed by atoms with Crippen molar-refractivity contribution in [1.29, 1.82) is 0 Å². The Balaban J connectivity index is 2.35. The fourth-order valence-corrected chi connectivity index (χ4v) is 3.15. The van der Waals surface area contributed by atoms with Gasteiger partial charge in [-0.25, -0.2) is 9.78 Å². The van der Waals surface area contributed by atoms with Crippen LogP contribution in [0.15, 0.2) is 9.59 Å². The highest BCUT2D eigenvalue weighted by molar-refractivity contribution is 5.71. The average molecular weight is 307 g/mol. The fraction of sp³-hybridized carbons (Fsp3) is 0.643. The van der Waals surface area contributed by atoms with Gasteiger partial charge in [0.1, 0.15) is 12.4 Å². The van der Waals surface area contributed by atoms with Gasteiger partial charge in [-0.15, -0.1) is 0 Å². The second-order valence-corrected chi connectivity index (χ2v) is 5.54. The zero-order chi connectivity index (χ0) is 15.9. The minimum atomic E-state index is -0.309. The van der Waals surface area contributed by atoms with E-state index in [1.54, 1.807) is 14.2 Å². The second kappa shape index (κ2) is 5.69. The molecule has 0 spiro atoms. The number of nitrogens with zero attached hydrogens (tertiary/aromatic N) is 4. The molecule has 3 heterocycles. The summed E-state index contributed by atoms with van der Waals surface area (Å²) in [6, 6.07) is -0.0957. The van der Waals surface area contributed by atoms with Crippen LogP contribution in [-0.4, -0.2) is 38.9 Å². The molecule has 0 bridgehead atoms. The van der Waals surface area contributed by atoms with Crippen molar-refractivity contribution in [2.45, 2.75) is 32.5 Å². The summed E-state index contributed by atoms with van der Waals surface area (Å²) < 4.78 is 9.81. The van der Waals surface area contributed by atoms with Crippen LogP contribution in [0.3, 0.4) is 0 Å². The Morgan fingerprint density at radius 3 is 2.77 bits per heavy atom. The van der Waals surface area contributed by atoms with Gasteiger partial charge in [-0.05, 0) is 19.9 Å². The third-order valence-electron chi connectivity index (χ3n) is 4.25. The van der Waals surface area contributed by atoms with Gasteiger partial charge < -0.3 is 14.6 Å². The molecule has 0 amide bonds. The Bertz CT molecular complexity index is 810. The molecule has 1 fully saturated rings. The van der Waals surface area contributed by atoms with Gasteiger partial charge in [-0.3, -0.25) is 13.9 Å². The Labute approximate surface area is 127 Å². The number of aryl methyl sites for hydroxylation is 2. The van der Waals surface area contributed by atoms with E-state index < -0.39 is 0 Å². The van der Waals surface area contributed by atoms with E-state index in [0.29, 0.717) is 36.7 Å². The van der Waals surface area contributed by atoms with E-state index in [1.807, 2.05) is 11.5 Å². The molecule has 1 unspecified atom stereocenters. The molecule has 0 radical (unpaired) electrons. The molecule has 120 valence electrons. The van der Waals surface area contributed by atoms with Gasteiger partial charge in [0.25, 0.3) is 5.56 Å². The van der Waals surface area contributed by atoms with E-state index >= 15 is 0 Å². The molecule has 22 heavy (non-hydrogen) atoms. The SMILES string of the molecule is CCn1c(COC)nc2c1c(=O)n(C1CCNC1)c(=O)n2C. The van der Waals surface area contributed by atoms with Gasteiger partial charge in [0.05, 0.1) is 6.04 Å². The monoisotopic (exact) mass is 307 g/mol. The Morgan fingerprint density at radius 1 is 1.41 bits per heavy atom. The summed E-state index contributed by atoms with van der Waals surface area (Å²) in [7, 11) is 3.24. The second-order valence-electron chi connectivity index (χ2n) is 5.54. The van der Waals surface area contributed by atoms with E-state index in [1.165, 1.54) is 9.13 Å². The number of rotatable bonds is 4. The van der Waals surface area contributed by atoms with E-state index in [-0.39, 0.29) is 17.3 Å². The molecule has 0 aliphatic carbocycles. The van der Waals surface area contributed by atoms with E-state index in [9.17, 15) is 9.59 Å². The van der Waals surface area contributed by atoms with Crippen LogP contribution in [0.25, 0.3) is 11.2 Å². The average Bonchev–Trinajstić information content (AvgIpc) is 3.13. The molecule has 2 aromatic heterocycles. The minimum absolute atomic E-state index is 0.0957. The molecule has 8 heteroatoms. The molecule has 3 rings (SSSR count). The third-order valence-corrected chi connectivity index (χ3v) is 4.25. The van der Waals surface area contributed by atoms with Crippen molar-refractivity contribution < 1.29 is 4.74 Å². The lowest BCUT2D eigenvalue weighted by molar-refractivity contribution is 0.175. The lowest BCUT2D eigenvalue weighted by atomic mass is 10.2. The largest absolute Gasteiger partial charge is 0.377 e. The van der Waals surface area contributed by atoms with Crippen LogP contribution in [0.2, 0.25) is 0 Å². The summed E-state index contributed by atoms with van der Waals surface area (Å²) in [5.41, 5.74) is 0.328. The summed E-state index contributed by atoms with van der Waals surface area (Å²) in [4.78, 5) is 29.9. The minimum Gasteiger partial charge on any atom is -0.377 e. The molecule has 1 N–H and O–H groups in total. The molecule has 0 aromatic carbocycles. The first-order valence-electron chi connectivity index (χ1n) is 7.50. The van der Waals surface area contributed by atoms with Gasteiger partial charge >= 0.3 is 5.69 Å². The number of hydrogen-bond donors (Lipinski definition) is 1. The number of imidazole rings is 1. The number of fused-ring (bicyclic) bond motifs is 1. The van der Waals surface area contributed by atoms with E-state index in [0.717, 1.165) is 13.0 Å². The third kappa shape index (κ3) is 2.10. The van der Waals surface area contributed by atoms with Crippen molar-refractivity contribution in [2.75, 3.05) is 20.2 Å². The van der Waals surface area contributed by atoms with E-state index in [4.69, 9.17) is 4.74 Å². The highest BCUT2D eigenvalue weighted by atomic mass is 16.5. The van der Waals surface area contributed by atoms with Gasteiger partial charge in [-0.1, -0.05) is 0 Å². The summed E-state index contributed by atoms with van der Waals surface area (Å²) in [6.07, 6.45) is 0.784. The van der Waals surface area contributed by atoms with Crippen LogP contribution < -0.4 is 16.6 Å². The topological polar surface area (TPSA) is 83.1 Å². The molecule has 1 atom stereocenters. The first kappa shape index (κ1) is 15.0. The Kier molecular flexibility index (Phi) is 3.88. The summed E-state index contributed by atoms with van der Waals surface area (Å²) in [5, 5.41) is 3.20. The molecule has 2 aromatic rings. The van der Waals surface area contributed by atoms with Crippen molar-refractivity contribution in [1.82, 2.24) is 24.0 Å². The highest BCUT2D eigenvalue weighted by Gasteiger charge is 2.25. The van der Waals surface area contributed by atoms with Crippen LogP contribution >= 0.6 is 0 Å². The number of aromatic nitrogens is 4. The van der Waals surface area contributed by atoms with Crippen molar-refractivity contribution in [3.63, 3.8) is 0 Å². The van der Waals surface area contributed by atoms with Gasteiger partial charge in [-0.2, -0.15) is 0 Å². The van der Waals surface area contributed by atoms with Gasteiger partial charge in [0.2, 0.25) is 0 Å². The van der Waals surface area contributed by atoms with Crippen LogP contribution in [0.5, 0.6) is 0 Å². The van der Waals surface area contributed by atoms with E-state index in [2.05, 4.69) is 10.3 Å². The zero-order valence-electron chi connectivity index (χ0n) is 13.1. The van der Waals surface area contributed by atoms with Crippen LogP contribution in [-0.2, 0) is 24.9 Å². The van der Waals surface area contributed by atoms with Crippen molar-refractivity contribution in [3.8, 4) is 0 Å². The maximum absolute atomic E-state index is 12.9. The molecule has 1 aliphatic heterocycles. The summed E-state index contributed by atoms with van der Waals surface area (Å²) >= 11 is 0. The standard InChI is InChI=1S/C14H21N5O3/c1-4-18-10(8-22-3)16-12-11(18)13(20)19(14(21)17(12)2)9-5-6-15-7-9/h9,15H,4-8H2,1-3H3. The smallest absolute Gasteiger partial charge is 0.332 e. The Morgan fingerprint density at radius 2 is 2.18 bits per heavy atom. The van der Waals surface area contributed by atoms with Crippen LogP contribution in [0, 0.1) is 0 Å². The van der Waals surface area contributed by atoms with Gasteiger partial charge in [0, 0.05) is 27.2 Å². The zero-order valence-corrected chi connectivity index (χ0v) is 13.1. The highest BCUT2D eigenvalue weighted by Crippen LogP contribution is 2.15. The maximum Gasteiger partial charge on any atom is 0.332 e. The quantitative estimate of drug-likeness (QED) is 0.831. The fourth-order valence-electron chi connectivity index (χ4n) is 3.15. The number of nitrogens with one attached hydrogen (secondary N) is 1. The molecule has 1 saturated heterocycles. The van der Waals surface area contributed by atoms with Crippen molar-refractivity contribution >= 4 is 11.2 Å². The lowest BCUT2D eigenvalue weighted by Gasteiger charge is -2.14. The number of methoxy groups -OCH3 is 1. The van der Waals surface area contributed by atoms with Crippen LogP contribution in [0.4, 0.5) is 0 Å². The maximum atomic E-state index is 12.9. The summed E-state index contributed by atoms with van der Waals surface area (Å²) in [6.45, 7) is 4.32. The Hall–Kier alpha value is -1.93. The normalized spacial score (nSPS) is 18.4. The predicted molar refractivity (Wildman–Crippen MR) is 82.1 cm³/mol. The number of ether oxygens (including phenoxy) is 1. The van der Waals surface area contributed by atoms with Gasteiger partial charge in [0.15, 0.2) is 11.2 Å². The summed E-state index contributed by atoms with van der Waals surface area (Å²) in [5.74, 6) is 0.661. The predicted octanol–water partition coefficient (Wildman–Crippen LogP) is -0.403. The molecular weight excluding hydrogens is 286 g/mol. The van der Waals surface area contributed by atoms with Crippen molar-refractivity contribution in [3.05, 3.63) is 26.7 Å². The van der Waals surface area contributed by atoms with Crippen LogP contribution in [0.1, 0.15) is 25.2 Å². The molecule has 8 nitrogen and oxygen atoms in total. The first-order chi connectivity index (χ1) is 10.6.